The molecule has 1 saturated heterocycles. The van der Waals surface area contributed by atoms with E-state index < -0.39 is 29.4 Å². The lowest BCUT2D eigenvalue weighted by atomic mass is 10.2. The number of ether oxygens (including phenoxy) is 1. The van der Waals surface area contributed by atoms with Crippen molar-refractivity contribution in [1.82, 2.24) is 4.90 Å². The first-order valence-electron chi connectivity index (χ1n) is 10.4. The first kappa shape index (κ1) is 26.5. The van der Waals surface area contributed by atoms with E-state index in [1.54, 1.807) is 30.3 Å². The third-order valence-electron chi connectivity index (χ3n) is 4.94. The van der Waals surface area contributed by atoms with Crippen molar-refractivity contribution in [3.05, 3.63) is 96.1 Å². The summed E-state index contributed by atoms with van der Waals surface area (Å²) in [6, 6.07) is 15.8. The maximum atomic E-state index is 13.0. The molecule has 6 nitrogen and oxygen atoms in total. The highest BCUT2D eigenvalue weighted by Crippen LogP contribution is 2.33. The second-order valence-electron chi connectivity index (χ2n) is 7.55. The number of rotatable bonds is 7. The van der Waals surface area contributed by atoms with Crippen molar-refractivity contribution in [1.29, 1.82) is 0 Å². The van der Waals surface area contributed by atoms with Crippen molar-refractivity contribution in [3.8, 4) is 5.75 Å². The Morgan fingerprint density at radius 2 is 1.81 bits per heavy atom. The lowest BCUT2D eigenvalue weighted by Gasteiger charge is -2.12. The van der Waals surface area contributed by atoms with Gasteiger partial charge in [0.15, 0.2) is 0 Å². The van der Waals surface area contributed by atoms with Gasteiger partial charge in [-0.05, 0) is 100 Å². The molecule has 0 spiro atoms. The van der Waals surface area contributed by atoms with Gasteiger partial charge in [0, 0.05) is 5.69 Å². The zero-order chi connectivity index (χ0) is 25.8. The standard InChI is InChI=1S/C25H16Cl2FIN2O4S/c26-18-7-1-15(9-19(18)27)13-35-21-8-2-14(10-20(21)29)11-22-24(33)31(25(34)36-22)12-23(32)30-17-5-3-16(28)4-6-17/h1-11H,12-13H2,(H,30,32)/b22-11-. The SMILES string of the molecule is O=C(CN1C(=O)S/C(=C\c2ccc(OCc3ccc(Cl)c(Cl)c3)c(I)c2)C1=O)Nc1ccc(F)cc1. The summed E-state index contributed by atoms with van der Waals surface area (Å²) in [6.45, 7) is -0.149. The molecule has 0 aliphatic carbocycles. The first-order valence-corrected chi connectivity index (χ1v) is 13.0. The van der Waals surface area contributed by atoms with Crippen LogP contribution in [0.25, 0.3) is 6.08 Å². The van der Waals surface area contributed by atoms with Crippen LogP contribution in [0.15, 0.2) is 65.6 Å². The summed E-state index contributed by atoms with van der Waals surface area (Å²) >= 11 is 14.9. The van der Waals surface area contributed by atoms with Gasteiger partial charge in [0.2, 0.25) is 5.91 Å². The number of imide groups is 1. The molecule has 36 heavy (non-hydrogen) atoms. The van der Waals surface area contributed by atoms with Crippen LogP contribution < -0.4 is 10.1 Å². The largest absolute Gasteiger partial charge is 0.488 e. The van der Waals surface area contributed by atoms with Gasteiger partial charge < -0.3 is 10.1 Å². The summed E-state index contributed by atoms with van der Waals surface area (Å²) in [5, 5.41) is 2.91. The van der Waals surface area contributed by atoms with Crippen molar-refractivity contribution in [3.63, 3.8) is 0 Å². The van der Waals surface area contributed by atoms with E-state index in [4.69, 9.17) is 27.9 Å². The van der Waals surface area contributed by atoms with Gasteiger partial charge in [0.1, 0.15) is 24.7 Å². The van der Waals surface area contributed by atoms with Gasteiger partial charge in [-0.25, -0.2) is 4.39 Å². The fraction of sp³-hybridized carbons (Fsp3) is 0.0800. The van der Waals surface area contributed by atoms with Crippen molar-refractivity contribution in [2.75, 3.05) is 11.9 Å². The first-order chi connectivity index (χ1) is 17.2. The van der Waals surface area contributed by atoms with Crippen LogP contribution in [0.1, 0.15) is 11.1 Å². The monoisotopic (exact) mass is 656 g/mol. The Kier molecular flexibility index (Phi) is 8.55. The normalized spacial score (nSPS) is 14.4. The molecule has 3 aromatic carbocycles. The molecule has 1 heterocycles. The Balaban J connectivity index is 1.39. The number of carbonyl (C=O) groups excluding carboxylic acids is 3. The molecule has 1 fully saturated rings. The second-order valence-corrected chi connectivity index (χ2v) is 10.5. The van der Waals surface area contributed by atoms with Gasteiger partial charge in [-0.1, -0.05) is 35.3 Å². The fourth-order valence-electron chi connectivity index (χ4n) is 3.18. The number of amides is 3. The zero-order valence-corrected chi connectivity index (χ0v) is 22.8. The zero-order valence-electron chi connectivity index (χ0n) is 18.3. The summed E-state index contributed by atoms with van der Waals surface area (Å²) in [5.74, 6) is -0.924. The van der Waals surface area contributed by atoms with Crippen LogP contribution in [0, 0.1) is 9.39 Å². The van der Waals surface area contributed by atoms with E-state index in [1.165, 1.54) is 24.3 Å². The highest BCUT2D eigenvalue weighted by Gasteiger charge is 2.36. The minimum absolute atomic E-state index is 0.204. The van der Waals surface area contributed by atoms with Crippen molar-refractivity contribution >= 4 is 86.4 Å². The minimum atomic E-state index is -0.566. The smallest absolute Gasteiger partial charge is 0.294 e. The van der Waals surface area contributed by atoms with Gasteiger partial charge in [0.05, 0.1) is 18.5 Å². The molecule has 184 valence electrons. The number of nitrogens with one attached hydrogen (secondary N) is 1. The molecule has 1 N–H and O–H groups in total. The summed E-state index contributed by atoms with van der Waals surface area (Å²) in [6.07, 6.45) is 1.59. The Labute approximate surface area is 233 Å². The molecule has 0 aromatic heterocycles. The molecule has 0 atom stereocenters. The Morgan fingerprint density at radius 1 is 1.06 bits per heavy atom. The lowest BCUT2D eigenvalue weighted by molar-refractivity contribution is -0.127. The lowest BCUT2D eigenvalue weighted by Crippen LogP contribution is -2.36. The Hall–Kier alpha value is -2.60. The number of anilines is 1. The third kappa shape index (κ3) is 6.58. The van der Waals surface area contributed by atoms with Gasteiger partial charge in [0.25, 0.3) is 11.1 Å². The number of halogens is 4. The Morgan fingerprint density at radius 3 is 2.50 bits per heavy atom. The van der Waals surface area contributed by atoms with Gasteiger partial charge in [-0.3, -0.25) is 19.3 Å². The number of benzene rings is 3. The van der Waals surface area contributed by atoms with E-state index >= 15 is 0 Å². The topological polar surface area (TPSA) is 75.7 Å². The van der Waals surface area contributed by atoms with E-state index in [0.717, 1.165) is 25.8 Å². The number of thioether (sulfide) groups is 1. The molecule has 11 heteroatoms. The van der Waals surface area contributed by atoms with E-state index in [9.17, 15) is 18.8 Å². The molecule has 3 aromatic rings. The van der Waals surface area contributed by atoms with Gasteiger partial charge >= 0.3 is 0 Å². The number of hydrogen-bond acceptors (Lipinski definition) is 5. The molecule has 0 saturated carbocycles. The average molecular weight is 657 g/mol. The van der Waals surface area contributed by atoms with Crippen molar-refractivity contribution < 1.29 is 23.5 Å². The summed E-state index contributed by atoms with van der Waals surface area (Å²) in [4.78, 5) is 38.5. The molecule has 0 radical (unpaired) electrons. The average Bonchev–Trinajstić information content (AvgIpc) is 3.09. The molecular weight excluding hydrogens is 641 g/mol. The molecule has 1 aliphatic rings. The van der Waals surface area contributed by atoms with E-state index in [-0.39, 0.29) is 4.91 Å². The highest BCUT2D eigenvalue weighted by atomic mass is 127. The van der Waals surface area contributed by atoms with E-state index in [2.05, 4.69) is 27.9 Å². The predicted molar refractivity (Wildman–Crippen MR) is 148 cm³/mol. The van der Waals surface area contributed by atoms with Crippen LogP contribution in [0.2, 0.25) is 10.0 Å². The van der Waals surface area contributed by atoms with Gasteiger partial charge in [-0.2, -0.15) is 0 Å². The maximum Gasteiger partial charge on any atom is 0.294 e. The molecule has 0 bridgehead atoms. The van der Waals surface area contributed by atoms with Crippen molar-refractivity contribution in [2.24, 2.45) is 0 Å². The van der Waals surface area contributed by atoms with Crippen LogP contribution in [-0.2, 0) is 16.2 Å². The number of hydrogen-bond donors (Lipinski definition) is 1. The fourth-order valence-corrected chi connectivity index (χ4v) is 5.03. The van der Waals surface area contributed by atoms with Crippen LogP contribution in [0.5, 0.6) is 5.75 Å². The number of nitrogens with zero attached hydrogens (tertiary/aromatic N) is 1. The molecule has 3 amide bonds. The number of carbonyl (C=O) groups is 3. The minimum Gasteiger partial charge on any atom is -0.488 e. The molecule has 0 unspecified atom stereocenters. The van der Waals surface area contributed by atoms with Crippen LogP contribution in [0.4, 0.5) is 14.9 Å². The molecule has 1 aliphatic heterocycles. The van der Waals surface area contributed by atoms with Crippen molar-refractivity contribution in [2.45, 2.75) is 6.61 Å². The maximum absolute atomic E-state index is 13.0. The third-order valence-corrected chi connectivity index (χ3v) is 7.42. The molecular formula is C25H16Cl2FIN2O4S. The second kappa shape index (κ2) is 11.6. The highest BCUT2D eigenvalue weighted by molar-refractivity contribution is 14.1. The quantitative estimate of drug-likeness (QED) is 0.219. The summed E-state index contributed by atoms with van der Waals surface area (Å²) < 4.78 is 19.7. The van der Waals surface area contributed by atoms with Crippen LogP contribution in [-0.4, -0.2) is 28.5 Å². The Bertz CT molecular complexity index is 1380. The van der Waals surface area contributed by atoms with E-state index in [1.807, 2.05) is 12.1 Å². The van der Waals surface area contributed by atoms with Crippen LogP contribution in [0.3, 0.4) is 0 Å². The predicted octanol–water partition coefficient (Wildman–Crippen LogP) is 6.99. The summed E-state index contributed by atoms with van der Waals surface area (Å²) in [7, 11) is 0. The molecule has 4 rings (SSSR count). The summed E-state index contributed by atoms with van der Waals surface area (Å²) in [5.41, 5.74) is 1.92. The van der Waals surface area contributed by atoms with Crippen LogP contribution >= 0.6 is 57.6 Å². The van der Waals surface area contributed by atoms with E-state index in [0.29, 0.717) is 33.7 Å². The van der Waals surface area contributed by atoms with Gasteiger partial charge in [-0.15, -0.1) is 0 Å².